The average Bonchev–Trinajstić information content (AvgIpc) is 2.76. The Hall–Kier alpha value is -2.16. The Morgan fingerprint density at radius 3 is 1.34 bits per heavy atom. The van der Waals surface area contributed by atoms with Crippen LogP contribution in [0.15, 0.2) is 0 Å². The molecule has 1 aliphatic rings. The Labute approximate surface area is 208 Å². The first-order valence-corrected chi connectivity index (χ1v) is 10.1. The summed E-state index contributed by atoms with van der Waals surface area (Å²) in [4.78, 5) is 11.2. The first-order chi connectivity index (χ1) is 17.3. The van der Waals surface area contributed by atoms with E-state index in [1.54, 1.807) is 4.74 Å². The molecule has 1 unspecified atom stereocenters. The number of carbonyl (C=O) groups excluding carboxylic acids is 1. The minimum Gasteiger partial charge on any atom is -0.393 e. The van der Waals surface area contributed by atoms with Gasteiger partial charge >= 0.3 is 70.8 Å². The van der Waals surface area contributed by atoms with E-state index >= 15 is 0 Å². The molecule has 0 radical (unpaired) electrons. The van der Waals surface area contributed by atoms with Gasteiger partial charge in [-0.05, 0) is 0 Å². The first-order valence-electron chi connectivity index (χ1n) is 8.66. The molecule has 1 atom stereocenters. The Morgan fingerprint density at radius 2 is 1.00 bits per heavy atom. The van der Waals surface area contributed by atoms with Crippen molar-refractivity contribution in [2.45, 2.75) is 64.8 Å². The van der Waals surface area contributed by atoms with Crippen LogP contribution in [-0.4, -0.2) is 90.5 Å². The van der Waals surface area contributed by atoms with E-state index in [0.717, 1.165) is 0 Å². The summed E-state index contributed by atoms with van der Waals surface area (Å²) in [5, 5.41) is -8.44. The van der Waals surface area contributed by atoms with Crippen LogP contribution < -0.4 is 0 Å². The number of ether oxygens (including phenoxy) is 1. The normalized spacial score (nSPS) is 26.0. The van der Waals surface area contributed by atoms with Gasteiger partial charge in [0.2, 0.25) is 0 Å². The molecule has 1 fully saturated rings. The van der Waals surface area contributed by atoms with Crippen molar-refractivity contribution in [1.29, 1.82) is 0 Å². The van der Waals surface area contributed by atoms with Crippen LogP contribution in [0.1, 0.15) is 0 Å². The monoisotopic (exact) mass is 687 g/mol. The van der Waals surface area contributed by atoms with Gasteiger partial charge in [0.05, 0.1) is 0 Å². The van der Waals surface area contributed by atoms with Gasteiger partial charge < -0.3 is 4.74 Å². The molecule has 0 aliphatic carbocycles. The van der Waals surface area contributed by atoms with Crippen molar-refractivity contribution in [2.75, 3.05) is 7.05 Å². The Kier molecular flexibility index (Phi) is 7.82. The van der Waals surface area contributed by atoms with Crippen LogP contribution in [0.5, 0.6) is 0 Å². The van der Waals surface area contributed by atoms with E-state index in [0.29, 0.717) is 0 Å². The second-order valence-corrected chi connectivity index (χ2v) is 9.55. The molecule has 0 aromatic carbocycles. The van der Waals surface area contributed by atoms with Gasteiger partial charge in [-0.3, -0.25) is 0 Å². The summed E-state index contributed by atoms with van der Waals surface area (Å²) in [6.45, 7) is 0. The molecule has 0 spiro atoms. The lowest BCUT2D eigenvalue weighted by atomic mass is 9.83. The lowest BCUT2D eigenvalue weighted by Gasteiger charge is -2.43. The number of nitrogens with zero attached hydrogens (tertiary/aromatic N) is 1. The van der Waals surface area contributed by atoms with E-state index in [9.17, 15) is 110 Å². The van der Waals surface area contributed by atoms with Gasteiger partial charge in [0, 0.05) is 7.05 Å². The SMILES string of the molecule is CN(C(F)(F)C(F)(F)C1(F)C(=O)OC(F)(F)C(F)(F)C(F)(F)C1(F)F)S(=O)(=O)C(F)(F)C(F)(F)C(F)(F)C(F)(F)F. The third-order valence-corrected chi connectivity index (χ3v) is 6.95. The molecule has 28 heteroatoms. The summed E-state index contributed by atoms with van der Waals surface area (Å²) in [7, 11) is -10.9. The van der Waals surface area contributed by atoms with E-state index in [1.165, 1.54) is 0 Å². The van der Waals surface area contributed by atoms with Gasteiger partial charge in [-0.15, -0.1) is 4.31 Å². The van der Waals surface area contributed by atoms with E-state index < -0.39 is 92.1 Å². The lowest BCUT2D eigenvalue weighted by molar-refractivity contribution is -0.419. The number of alkyl halides is 22. The van der Waals surface area contributed by atoms with Crippen molar-refractivity contribution < 1.29 is 115 Å². The van der Waals surface area contributed by atoms with Gasteiger partial charge in [0.1, 0.15) is 0 Å². The molecular formula is C13H3F22NO4S. The van der Waals surface area contributed by atoms with Crippen molar-refractivity contribution in [3.8, 4) is 0 Å². The number of hydrogen-bond donors (Lipinski definition) is 0. The van der Waals surface area contributed by atoms with Crippen molar-refractivity contribution in [3.05, 3.63) is 0 Å². The van der Waals surface area contributed by atoms with Crippen LogP contribution in [0.4, 0.5) is 96.6 Å². The van der Waals surface area contributed by atoms with Crippen LogP contribution >= 0.6 is 0 Å². The molecule has 1 heterocycles. The largest absolute Gasteiger partial charge is 0.473 e. The average molecular weight is 687 g/mol. The van der Waals surface area contributed by atoms with E-state index in [1.807, 2.05) is 0 Å². The summed E-state index contributed by atoms with van der Waals surface area (Å²) in [5.74, 6) is -55.9. The van der Waals surface area contributed by atoms with Crippen molar-refractivity contribution in [1.82, 2.24) is 4.31 Å². The molecule has 0 aromatic heterocycles. The number of esters is 1. The number of carbonyl (C=O) groups is 1. The number of rotatable bonds is 7. The topological polar surface area (TPSA) is 63.7 Å². The molecular weight excluding hydrogens is 684 g/mol. The van der Waals surface area contributed by atoms with Crippen LogP contribution in [0.3, 0.4) is 0 Å². The second kappa shape index (κ2) is 8.70. The third kappa shape index (κ3) is 3.96. The zero-order valence-corrected chi connectivity index (χ0v) is 18.6. The maximum atomic E-state index is 14.7. The van der Waals surface area contributed by atoms with Crippen LogP contribution in [-0.2, 0) is 19.6 Å². The summed E-state index contributed by atoms with van der Waals surface area (Å²) < 4.78 is 317. The van der Waals surface area contributed by atoms with E-state index in [4.69, 9.17) is 0 Å². The minimum absolute atomic E-state index is 1.72. The fourth-order valence-electron chi connectivity index (χ4n) is 2.55. The molecule has 0 N–H and O–H groups in total. The molecule has 1 aliphatic heterocycles. The zero-order valence-electron chi connectivity index (χ0n) is 17.8. The number of halogens is 22. The molecule has 41 heavy (non-hydrogen) atoms. The van der Waals surface area contributed by atoms with Gasteiger partial charge in [-0.25, -0.2) is 17.6 Å². The highest BCUT2D eigenvalue weighted by atomic mass is 32.2. The zero-order chi connectivity index (χ0) is 33.9. The van der Waals surface area contributed by atoms with Crippen LogP contribution in [0, 0.1) is 0 Å². The highest BCUT2D eigenvalue weighted by Gasteiger charge is 2.98. The maximum Gasteiger partial charge on any atom is 0.473 e. The van der Waals surface area contributed by atoms with Gasteiger partial charge in [0.25, 0.3) is 10.0 Å². The molecule has 1 rings (SSSR count). The predicted octanol–water partition coefficient (Wildman–Crippen LogP) is 5.67. The fraction of sp³-hybridized carbons (Fsp3) is 0.923. The summed E-state index contributed by atoms with van der Waals surface area (Å²) in [6.07, 6.45) is -15.4. The predicted molar refractivity (Wildman–Crippen MR) is 77.2 cm³/mol. The standard InChI is InChI=1S/C13H3F22NO4S/c1-36(41(38,39)13(34,35)9(25,26)7(21,22)10(27,28)29)11(30,31)5(17,18)3(14)2(37)40-12(32,33)8(23,24)6(19,20)4(3,15)16/h1H3. The third-order valence-electron chi connectivity index (χ3n) is 5.10. The number of cyclic esters (lactones) is 1. The first kappa shape index (κ1) is 36.9. The van der Waals surface area contributed by atoms with Crippen LogP contribution in [0.2, 0.25) is 0 Å². The molecule has 0 amide bonds. The summed E-state index contributed by atoms with van der Waals surface area (Å²) in [6, 6.07) is -8.32. The van der Waals surface area contributed by atoms with Crippen LogP contribution in [0.25, 0.3) is 0 Å². The molecule has 5 nitrogen and oxygen atoms in total. The molecule has 1 saturated heterocycles. The molecule has 0 saturated carbocycles. The fourth-order valence-corrected chi connectivity index (χ4v) is 3.76. The van der Waals surface area contributed by atoms with Crippen molar-refractivity contribution >= 4 is 16.0 Å². The summed E-state index contributed by atoms with van der Waals surface area (Å²) in [5.41, 5.74) is -8.44. The maximum absolute atomic E-state index is 14.7. The highest BCUT2D eigenvalue weighted by molar-refractivity contribution is 7.90. The highest BCUT2D eigenvalue weighted by Crippen LogP contribution is 2.65. The van der Waals surface area contributed by atoms with Gasteiger partial charge in [-0.2, -0.15) is 92.2 Å². The number of sulfonamides is 1. The Balaban J connectivity index is 4.03. The lowest BCUT2D eigenvalue weighted by Crippen LogP contribution is -2.77. The van der Waals surface area contributed by atoms with Gasteiger partial charge in [-0.1, -0.05) is 0 Å². The summed E-state index contributed by atoms with van der Waals surface area (Å²) >= 11 is 0. The number of hydrogen-bond acceptors (Lipinski definition) is 4. The van der Waals surface area contributed by atoms with E-state index in [2.05, 4.69) is 0 Å². The molecule has 0 bridgehead atoms. The van der Waals surface area contributed by atoms with Crippen molar-refractivity contribution in [2.24, 2.45) is 0 Å². The smallest absolute Gasteiger partial charge is 0.393 e. The second-order valence-electron chi connectivity index (χ2n) is 7.54. The van der Waals surface area contributed by atoms with E-state index in [-0.39, 0.29) is 0 Å². The van der Waals surface area contributed by atoms with Crippen molar-refractivity contribution in [3.63, 3.8) is 0 Å². The minimum atomic E-state index is -9.09. The Morgan fingerprint density at radius 1 is 0.634 bits per heavy atom. The van der Waals surface area contributed by atoms with Gasteiger partial charge in [0.15, 0.2) is 0 Å². The quantitative estimate of drug-likeness (QED) is 0.197. The Bertz CT molecular complexity index is 1170. The molecule has 0 aromatic rings. The molecule has 244 valence electrons.